The second-order valence-electron chi connectivity index (χ2n) is 2.48. The topological polar surface area (TPSA) is 50.1 Å². The highest BCUT2D eigenvalue weighted by Gasteiger charge is 2.14. The third-order valence-corrected chi connectivity index (χ3v) is 1.79. The molecule has 0 radical (unpaired) electrons. The van der Waals surface area contributed by atoms with E-state index in [-0.39, 0.29) is 16.2 Å². The van der Waals surface area contributed by atoms with E-state index in [2.05, 4.69) is 17.4 Å². The van der Waals surface area contributed by atoms with Crippen molar-refractivity contribution in [2.24, 2.45) is 0 Å². The van der Waals surface area contributed by atoms with Crippen molar-refractivity contribution in [3.8, 4) is 11.8 Å². The van der Waals surface area contributed by atoms with Gasteiger partial charge in [-0.05, 0) is 12.1 Å². The molecule has 3 nitrogen and oxygen atoms in total. The molecule has 0 saturated carbocycles. The van der Waals surface area contributed by atoms with Crippen LogP contribution in [-0.4, -0.2) is 5.97 Å². The first-order valence-corrected chi connectivity index (χ1v) is 4.11. The van der Waals surface area contributed by atoms with Crippen molar-refractivity contribution in [2.45, 2.75) is 11.8 Å². The second kappa shape index (κ2) is 4.11. The minimum atomic E-state index is -0.803. The number of nitrogens with zero attached hydrogens (tertiary/aromatic N) is 1. The van der Waals surface area contributed by atoms with Crippen molar-refractivity contribution in [1.82, 2.24) is 0 Å². The van der Waals surface area contributed by atoms with Crippen molar-refractivity contribution >= 4 is 18.6 Å². The largest absolute Gasteiger partial charge is 0.422 e. The standard InChI is InChI=1S/C9H6FNO2S/c1-5(12)13-9-6(4-11)2-3-7(14)8(9)10/h2-3,14H,1H3. The van der Waals surface area contributed by atoms with Crippen LogP contribution in [0.1, 0.15) is 12.5 Å². The number of hydrogen-bond acceptors (Lipinski definition) is 4. The summed E-state index contributed by atoms with van der Waals surface area (Å²) in [6.45, 7) is 1.13. The Morgan fingerprint density at radius 1 is 1.64 bits per heavy atom. The van der Waals surface area contributed by atoms with Crippen LogP contribution in [0.2, 0.25) is 0 Å². The van der Waals surface area contributed by atoms with E-state index in [0.717, 1.165) is 6.92 Å². The van der Waals surface area contributed by atoms with Gasteiger partial charge in [-0.15, -0.1) is 12.6 Å². The molecule has 0 spiro atoms. The van der Waals surface area contributed by atoms with E-state index < -0.39 is 11.8 Å². The molecule has 72 valence electrons. The molecular weight excluding hydrogens is 205 g/mol. The number of rotatable bonds is 1. The molecule has 0 unspecified atom stereocenters. The first kappa shape index (κ1) is 10.5. The summed E-state index contributed by atoms with van der Waals surface area (Å²) in [6, 6.07) is 4.38. The van der Waals surface area contributed by atoms with Gasteiger partial charge in [0.25, 0.3) is 0 Å². The summed E-state index contributed by atoms with van der Waals surface area (Å²) >= 11 is 3.80. The Labute approximate surface area is 85.5 Å². The van der Waals surface area contributed by atoms with Crippen LogP contribution in [0.4, 0.5) is 4.39 Å². The first-order chi connectivity index (χ1) is 6.56. The minimum Gasteiger partial charge on any atom is -0.422 e. The molecule has 5 heteroatoms. The van der Waals surface area contributed by atoms with Gasteiger partial charge in [-0.2, -0.15) is 5.26 Å². The summed E-state index contributed by atoms with van der Waals surface area (Å²) in [5.41, 5.74) is -0.0319. The lowest BCUT2D eigenvalue weighted by Crippen LogP contribution is -2.05. The molecule has 0 amide bonds. The number of hydrogen-bond donors (Lipinski definition) is 1. The third-order valence-electron chi connectivity index (χ3n) is 1.44. The van der Waals surface area contributed by atoms with Crippen molar-refractivity contribution in [2.75, 3.05) is 0 Å². The lowest BCUT2D eigenvalue weighted by atomic mass is 10.2. The zero-order valence-electron chi connectivity index (χ0n) is 7.24. The lowest BCUT2D eigenvalue weighted by Gasteiger charge is -2.05. The maximum absolute atomic E-state index is 13.3. The smallest absolute Gasteiger partial charge is 0.308 e. The number of benzene rings is 1. The fourth-order valence-corrected chi connectivity index (χ4v) is 1.05. The molecule has 0 aliphatic carbocycles. The molecule has 0 aromatic heterocycles. The van der Waals surface area contributed by atoms with Crippen LogP contribution in [0.15, 0.2) is 17.0 Å². The zero-order chi connectivity index (χ0) is 10.7. The summed E-state index contributed by atoms with van der Waals surface area (Å²) in [5.74, 6) is -1.85. The van der Waals surface area contributed by atoms with E-state index in [1.165, 1.54) is 12.1 Å². The molecule has 1 aromatic carbocycles. The molecule has 0 heterocycles. The Hall–Kier alpha value is -1.54. The van der Waals surface area contributed by atoms with Gasteiger partial charge in [-0.3, -0.25) is 4.79 Å². The van der Waals surface area contributed by atoms with E-state index in [1.54, 1.807) is 6.07 Å². The predicted molar refractivity (Wildman–Crippen MR) is 49.7 cm³/mol. The summed E-state index contributed by atoms with van der Waals surface area (Å²) in [6.07, 6.45) is 0. The van der Waals surface area contributed by atoms with Gasteiger partial charge in [-0.25, -0.2) is 4.39 Å². The van der Waals surface area contributed by atoms with Crippen LogP contribution < -0.4 is 4.74 Å². The fourth-order valence-electron chi connectivity index (χ4n) is 0.877. The third kappa shape index (κ3) is 2.03. The van der Waals surface area contributed by atoms with Gasteiger partial charge in [0.1, 0.15) is 6.07 Å². The van der Waals surface area contributed by atoms with Crippen LogP contribution in [0.3, 0.4) is 0 Å². The number of carbonyl (C=O) groups excluding carboxylic acids is 1. The van der Waals surface area contributed by atoms with Gasteiger partial charge < -0.3 is 4.74 Å². The first-order valence-electron chi connectivity index (χ1n) is 3.66. The molecule has 14 heavy (non-hydrogen) atoms. The molecule has 0 bridgehead atoms. The maximum atomic E-state index is 13.3. The quantitative estimate of drug-likeness (QED) is 0.438. The number of nitriles is 1. The van der Waals surface area contributed by atoms with Crippen LogP contribution in [0.5, 0.6) is 5.75 Å². The Balaban J connectivity index is 3.29. The molecule has 1 rings (SSSR count). The normalized spacial score (nSPS) is 9.29. The van der Waals surface area contributed by atoms with Crippen LogP contribution >= 0.6 is 12.6 Å². The molecule has 0 fully saturated rings. The second-order valence-corrected chi connectivity index (χ2v) is 2.96. The van der Waals surface area contributed by atoms with Crippen LogP contribution in [-0.2, 0) is 4.79 Å². The van der Waals surface area contributed by atoms with E-state index in [4.69, 9.17) is 5.26 Å². The maximum Gasteiger partial charge on any atom is 0.308 e. The highest BCUT2D eigenvalue weighted by molar-refractivity contribution is 7.80. The Bertz CT molecular complexity index is 426. The molecule has 0 aliphatic heterocycles. The SMILES string of the molecule is CC(=O)Oc1c(C#N)ccc(S)c1F. The minimum absolute atomic E-state index is 0.0280. The number of carbonyl (C=O) groups is 1. The number of ether oxygens (including phenoxy) is 1. The van der Waals surface area contributed by atoms with Crippen molar-refractivity contribution in [3.05, 3.63) is 23.5 Å². The molecule has 0 aliphatic rings. The predicted octanol–water partition coefficient (Wildman–Crippen LogP) is 1.91. The Morgan fingerprint density at radius 2 is 2.29 bits per heavy atom. The molecular formula is C9H6FNO2S. The number of thiol groups is 1. The highest BCUT2D eigenvalue weighted by atomic mass is 32.1. The van der Waals surface area contributed by atoms with E-state index >= 15 is 0 Å². The van der Waals surface area contributed by atoms with Crippen molar-refractivity contribution in [1.29, 1.82) is 5.26 Å². The van der Waals surface area contributed by atoms with Gasteiger partial charge in [0, 0.05) is 11.8 Å². The van der Waals surface area contributed by atoms with Crippen LogP contribution in [0, 0.1) is 17.1 Å². The van der Waals surface area contributed by atoms with Crippen LogP contribution in [0.25, 0.3) is 0 Å². The summed E-state index contributed by atoms with van der Waals surface area (Å²) in [4.78, 5) is 10.6. The number of esters is 1. The van der Waals surface area contributed by atoms with E-state index in [1.807, 2.05) is 0 Å². The molecule has 0 atom stereocenters. The summed E-state index contributed by atoms with van der Waals surface area (Å²) < 4.78 is 17.9. The van der Waals surface area contributed by atoms with Gasteiger partial charge >= 0.3 is 5.97 Å². The highest BCUT2D eigenvalue weighted by Crippen LogP contribution is 2.27. The lowest BCUT2D eigenvalue weighted by molar-refractivity contribution is -0.132. The van der Waals surface area contributed by atoms with Gasteiger partial charge in [0.2, 0.25) is 0 Å². The van der Waals surface area contributed by atoms with E-state index in [0.29, 0.717) is 0 Å². The fraction of sp³-hybridized carbons (Fsp3) is 0.111. The summed E-state index contributed by atoms with van der Waals surface area (Å²) in [7, 11) is 0. The van der Waals surface area contributed by atoms with Crippen molar-refractivity contribution < 1.29 is 13.9 Å². The average Bonchev–Trinajstić information content (AvgIpc) is 2.13. The molecule has 0 N–H and O–H groups in total. The Morgan fingerprint density at radius 3 is 2.79 bits per heavy atom. The summed E-state index contributed by atoms with van der Waals surface area (Å²) in [5, 5.41) is 8.61. The van der Waals surface area contributed by atoms with Gasteiger partial charge in [0.05, 0.1) is 5.56 Å². The van der Waals surface area contributed by atoms with Gasteiger partial charge in [0.15, 0.2) is 11.6 Å². The average molecular weight is 211 g/mol. The Kier molecular flexibility index (Phi) is 3.10. The zero-order valence-corrected chi connectivity index (χ0v) is 8.14. The van der Waals surface area contributed by atoms with Crippen molar-refractivity contribution in [3.63, 3.8) is 0 Å². The van der Waals surface area contributed by atoms with Gasteiger partial charge in [-0.1, -0.05) is 0 Å². The number of halogens is 1. The monoisotopic (exact) mass is 211 g/mol. The van der Waals surface area contributed by atoms with E-state index in [9.17, 15) is 9.18 Å². The molecule has 0 saturated heterocycles. The molecule has 1 aromatic rings.